The van der Waals surface area contributed by atoms with Gasteiger partial charge in [0.2, 0.25) is 5.89 Å². The molecular formula is C18H17N5O2. The molecule has 0 atom stereocenters. The van der Waals surface area contributed by atoms with E-state index in [-0.39, 0.29) is 5.91 Å². The molecule has 2 aromatic heterocycles. The highest BCUT2D eigenvalue weighted by Crippen LogP contribution is 2.22. The molecule has 4 rings (SSSR count). The predicted octanol–water partition coefficient (Wildman–Crippen LogP) is 2.09. The van der Waals surface area contributed by atoms with Gasteiger partial charge in [-0.25, -0.2) is 0 Å². The van der Waals surface area contributed by atoms with Crippen molar-refractivity contribution in [2.45, 2.75) is 0 Å². The summed E-state index contributed by atoms with van der Waals surface area (Å²) >= 11 is 0. The standard InChI is InChI=1S/C18H17N5O2/c24-17(15-7-4-8-19-13-15)22-9-11-23(12-10-22)18-21-20-16(25-18)14-5-2-1-3-6-14/h1-8,13H,9-12H2. The van der Waals surface area contributed by atoms with E-state index in [1.165, 1.54) is 0 Å². The fraction of sp³-hybridized carbons (Fsp3) is 0.222. The van der Waals surface area contributed by atoms with E-state index in [0.717, 1.165) is 5.56 Å². The Morgan fingerprint density at radius 1 is 0.960 bits per heavy atom. The number of carbonyl (C=O) groups is 1. The third kappa shape index (κ3) is 3.21. The first-order valence-electron chi connectivity index (χ1n) is 8.14. The van der Waals surface area contributed by atoms with Crippen LogP contribution >= 0.6 is 0 Å². The molecule has 0 unspecified atom stereocenters. The number of anilines is 1. The number of aromatic nitrogens is 3. The Bertz CT molecular complexity index is 842. The maximum absolute atomic E-state index is 12.4. The number of nitrogens with zero attached hydrogens (tertiary/aromatic N) is 5. The van der Waals surface area contributed by atoms with Crippen LogP contribution in [0.15, 0.2) is 59.3 Å². The van der Waals surface area contributed by atoms with Crippen molar-refractivity contribution in [3.8, 4) is 11.5 Å². The van der Waals surface area contributed by atoms with Crippen LogP contribution in [0.25, 0.3) is 11.5 Å². The minimum absolute atomic E-state index is 0.00301. The normalized spacial score (nSPS) is 14.6. The topological polar surface area (TPSA) is 75.4 Å². The summed E-state index contributed by atoms with van der Waals surface area (Å²) in [5.41, 5.74) is 1.51. The Morgan fingerprint density at radius 2 is 1.76 bits per heavy atom. The lowest BCUT2D eigenvalue weighted by Gasteiger charge is -2.33. The Hall–Kier alpha value is -3.22. The molecule has 0 N–H and O–H groups in total. The van der Waals surface area contributed by atoms with Crippen LogP contribution < -0.4 is 4.90 Å². The van der Waals surface area contributed by atoms with E-state index in [0.29, 0.717) is 43.6 Å². The molecule has 0 saturated carbocycles. The van der Waals surface area contributed by atoms with Crippen LogP contribution in [0.3, 0.4) is 0 Å². The van der Waals surface area contributed by atoms with Crippen molar-refractivity contribution >= 4 is 11.9 Å². The molecule has 0 bridgehead atoms. The summed E-state index contributed by atoms with van der Waals surface area (Å²) in [6.45, 7) is 2.53. The zero-order chi connectivity index (χ0) is 17.1. The summed E-state index contributed by atoms with van der Waals surface area (Å²) in [7, 11) is 0. The van der Waals surface area contributed by atoms with E-state index < -0.39 is 0 Å². The van der Waals surface area contributed by atoms with E-state index in [1.54, 1.807) is 24.5 Å². The van der Waals surface area contributed by atoms with Gasteiger partial charge in [0.05, 0.1) is 5.56 Å². The Kier molecular flexibility index (Phi) is 4.12. The second-order valence-corrected chi connectivity index (χ2v) is 5.78. The molecule has 126 valence electrons. The summed E-state index contributed by atoms with van der Waals surface area (Å²) in [4.78, 5) is 20.3. The first kappa shape index (κ1) is 15.3. The number of piperazine rings is 1. The molecule has 0 radical (unpaired) electrons. The zero-order valence-electron chi connectivity index (χ0n) is 13.6. The van der Waals surface area contributed by atoms with Crippen LogP contribution in [0.5, 0.6) is 0 Å². The van der Waals surface area contributed by atoms with Gasteiger partial charge >= 0.3 is 6.01 Å². The second kappa shape index (κ2) is 6.72. The van der Waals surface area contributed by atoms with Gasteiger partial charge in [0, 0.05) is 44.1 Å². The third-order valence-electron chi connectivity index (χ3n) is 4.18. The molecule has 3 heterocycles. The average Bonchev–Trinajstić information content (AvgIpc) is 3.19. The summed E-state index contributed by atoms with van der Waals surface area (Å²) in [5, 5.41) is 8.26. The van der Waals surface area contributed by atoms with Crippen molar-refractivity contribution in [1.82, 2.24) is 20.1 Å². The molecule has 1 saturated heterocycles. The molecule has 25 heavy (non-hydrogen) atoms. The van der Waals surface area contributed by atoms with Crippen LogP contribution in [0.4, 0.5) is 6.01 Å². The first-order valence-corrected chi connectivity index (χ1v) is 8.14. The van der Waals surface area contributed by atoms with E-state index in [1.807, 2.05) is 40.1 Å². The van der Waals surface area contributed by atoms with Gasteiger partial charge in [-0.05, 0) is 24.3 Å². The van der Waals surface area contributed by atoms with Gasteiger partial charge in [-0.3, -0.25) is 9.78 Å². The van der Waals surface area contributed by atoms with Crippen LogP contribution in [-0.4, -0.2) is 52.2 Å². The van der Waals surface area contributed by atoms with Gasteiger partial charge in [-0.1, -0.05) is 23.3 Å². The molecule has 0 aliphatic carbocycles. The van der Waals surface area contributed by atoms with Crippen molar-refractivity contribution < 1.29 is 9.21 Å². The van der Waals surface area contributed by atoms with E-state index in [9.17, 15) is 4.79 Å². The number of amides is 1. The quantitative estimate of drug-likeness (QED) is 0.729. The van der Waals surface area contributed by atoms with Gasteiger partial charge in [-0.2, -0.15) is 0 Å². The fourth-order valence-electron chi connectivity index (χ4n) is 2.81. The lowest BCUT2D eigenvalue weighted by atomic mass is 10.2. The summed E-state index contributed by atoms with van der Waals surface area (Å²) in [6.07, 6.45) is 3.26. The summed E-state index contributed by atoms with van der Waals surface area (Å²) in [5.74, 6) is 0.507. The molecular weight excluding hydrogens is 318 g/mol. The smallest absolute Gasteiger partial charge is 0.318 e. The average molecular weight is 335 g/mol. The van der Waals surface area contributed by atoms with Crippen molar-refractivity contribution in [3.63, 3.8) is 0 Å². The number of hydrogen-bond acceptors (Lipinski definition) is 6. The fourth-order valence-corrected chi connectivity index (χ4v) is 2.81. The lowest BCUT2D eigenvalue weighted by molar-refractivity contribution is 0.0744. The molecule has 0 spiro atoms. The molecule has 1 fully saturated rings. The van der Waals surface area contributed by atoms with Crippen molar-refractivity contribution in [2.75, 3.05) is 31.1 Å². The van der Waals surface area contributed by atoms with Crippen LogP contribution in [0, 0.1) is 0 Å². The lowest BCUT2D eigenvalue weighted by Crippen LogP contribution is -2.49. The van der Waals surface area contributed by atoms with Gasteiger partial charge in [0.15, 0.2) is 0 Å². The van der Waals surface area contributed by atoms with E-state index in [4.69, 9.17) is 4.42 Å². The molecule has 1 aromatic carbocycles. The number of carbonyl (C=O) groups excluding carboxylic acids is 1. The minimum Gasteiger partial charge on any atom is -0.403 e. The second-order valence-electron chi connectivity index (χ2n) is 5.78. The number of rotatable bonds is 3. The van der Waals surface area contributed by atoms with Crippen LogP contribution in [0.1, 0.15) is 10.4 Å². The number of benzene rings is 1. The van der Waals surface area contributed by atoms with Gasteiger partial charge < -0.3 is 14.2 Å². The molecule has 7 heteroatoms. The molecule has 1 aliphatic heterocycles. The SMILES string of the molecule is O=C(c1cccnc1)N1CCN(c2nnc(-c3ccccc3)o2)CC1. The third-order valence-corrected chi connectivity index (χ3v) is 4.18. The highest BCUT2D eigenvalue weighted by atomic mass is 16.4. The largest absolute Gasteiger partial charge is 0.403 e. The van der Waals surface area contributed by atoms with Crippen molar-refractivity contribution in [2.24, 2.45) is 0 Å². The van der Waals surface area contributed by atoms with E-state index in [2.05, 4.69) is 15.2 Å². The number of hydrogen-bond donors (Lipinski definition) is 0. The van der Waals surface area contributed by atoms with Crippen molar-refractivity contribution in [1.29, 1.82) is 0 Å². The van der Waals surface area contributed by atoms with Gasteiger partial charge in [0.1, 0.15) is 0 Å². The minimum atomic E-state index is 0.00301. The van der Waals surface area contributed by atoms with Crippen LogP contribution in [-0.2, 0) is 0 Å². The first-order chi connectivity index (χ1) is 12.3. The molecule has 7 nitrogen and oxygen atoms in total. The van der Waals surface area contributed by atoms with Gasteiger partial charge in [0.25, 0.3) is 5.91 Å². The monoisotopic (exact) mass is 335 g/mol. The maximum Gasteiger partial charge on any atom is 0.318 e. The predicted molar refractivity (Wildman–Crippen MR) is 92.1 cm³/mol. The Morgan fingerprint density at radius 3 is 2.48 bits per heavy atom. The number of pyridine rings is 1. The van der Waals surface area contributed by atoms with E-state index >= 15 is 0 Å². The van der Waals surface area contributed by atoms with Crippen molar-refractivity contribution in [3.05, 3.63) is 60.4 Å². The summed E-state index contributed by atoms with van der Waals surface area (Å²) < 4.78 is 5.78. The summed E-state index contributed by atoms with van der Waals surface area (Å²) in [6, 6.07) is 13.7. The highest BCUT2D eigenvalue weighted by molar-refractivity contribution is 5.94. The molecule has 1 aliphatic rings. The molecule has 1 amide bonds. The van der Waals surface area contributed by atoms with Crippen LogP contribution in [0.2, 0.25) is 0 Å². The molecule has 3 aromatic rings. The Labute approximate surface area is 144 Å². The maximum atomic E-state index is 12.4. The Balaban J connectivity index is 1.41. The highest BCUT2D eigenvalue weighted by Gasteiger charge is 2.25. The zero-order valence-corrected chi connectivity index (χ0v) is 13.6. The van der Waals surface area contributed by atoms with Gasteiger partial charge in [-0.15, -0.1) is 5.10 Å².